The smallest absolute Gasteiger partial charge is 0.151 e. The number of rotatable bonds is 3. The monoisotopic (exact) mass is 237 g/mol. The maximum Gasteiger partial charge on any atom is 0.151 e. The summed E-state index contributed by atoms with van der Waals surface area (Å²) in [6, 6.07) is 4.72. The van der Waals surface area contributed by atoms with Crippen LogP contribution in [0.25, 0.3) is 0 Å². The fraction of sp³-hybridized carbons (Fsp3) is 0.583. The molecule has 1 fully saturated rings. The standard InChI is InChI=1S/C12H19N3S/c1-15(2)12-11(4-3-7-13-12)14-10-5-8-16-9-6-10/h3-4,7,10,14H,5-6,8-9H2,1-2H3. The maximum atomic E-state index is 4.40. The quantitative estimate of drug-likeness (QED) is 0.874. The molecule has 1 aromatic heterocycles. The van der Waals surface area contributed by atoms with Gasteiger partial charge in [-0.3, -0.25) is 0 Å². The molecule has 1 aromatic rings. The van der Waals surface area contributed by atoms with Crippen LogP contribution in [-0.2, 0) is 0 Å². The van der Waals surface area contributed by atoms with Gasteiger partial charge in [0.25, 0.3) is 0 Å². The first-order chi connectivity index (χ1) is 7.77. The zero-order chi connectivity index (χ0) is 11.4. The molecule has 2 heterocycles. The summed E-state index contributed by atoms with van der Waals surface area (Å²) < 4.78 is 0. The molecular weight excluding hydrogens is 218 g/mol. The lowest BCUT2D eigenvalue weighted by atomic mass is 10.1. The SMILES string of the molecule is CN(C)c1ncccc1NC1CCSCC1. The minimum absolute atomic E-state index is 0.615. The van der Waals surface area contributed by atoms with Crippen molar-refractivity contribution >= 4 is 23.3 Å². The average molecular weight is 237 g/mol. The molecule has 0 amide bonds. The van der Waals surface area contributed by atoms with Gasteiger partial charge < -0.3 is 10.2 Å². The topological polar surface area (TPSA) is 28.2 Å². The highest BCUT2D eigenvalue weighted by molar-refractivity contribution is 7.99. The Morgan fingerprint density at radius 2 is 2.12 bits per heavy atom. The van der Waals surface area contributed by atoms with Crippen LogP contribution >= 0.6 is 11.8 Å². The average Bonchev–Trinajstić information content (AvgIpc) is 2.31. The van der Waals surface area contributed by atoms with Crippen molar-refractivity contribution in [1.82, 2.24) is 4.98 Å². The van der Waals surface area contributed by atoms with Gasteiger partial charge in [-0.2, -0.15) is 11.8 Å². The van der Waals surface area contributed by atoms with Crippen LogP contribution in [-0.4, -0.2) is 36.6 Å². The third kappa shape index (κ3) is 2.82. The van der Waals surface area contributed by atoms with Gasteiger partial charge in [0.05, 0.1) is 5.69 Å². The lowest BCUT2D eigenvalue weighted by molar-refractivity contribution is 0.666. The van der Waals surface area contributed by atoms with E-state index < -0.39 is 0 Å². The van der Waals surface area contributed by atoms with Crippen LogP contribution in [0, 0.1) is 0 Å². The Morgan fingerprint density at radius 1 is 1.38 bits per heavy atom. The number of hydrogen-bond donors (Lipinski definition) is 1. The summed E-state index contributed by atoms with van der Waals surface area (Å²) in [5, 5.41) is 3.61. The molecule has 3 nitrogen and oxygen atoms in total. The van der Waals surface area contributed by atoms with Crippen molar-refractivity contribution in [3.63, 3.8) is 0 Å². The molecule has 1 aliphatic heterocycles. The van der Waals surface area contributed by atoms with Gasteiger partial charge in [0, 0.05) is 26.3 Å². The molecule has 88 valence electrons. The van der Waals surface area contributed by atoms with Crippen molar-refractivity contribution in [3.05, 3.63) is 18.3 Å². The van der Waals surface area contributed by atoms with Crippen molar-refractivity contribution < 1.29 is 0 Å². The Morgan fingerprint density at radius 3 is 2.81 bits per heavy atom. The number of pyridine rings is 1. The van der Waals surface area contributed by atoms with Gasteiger partial charge in [0.15, 0.2) is 5.82 Å². The van der Waals surface area contributed by atoms with Crippen LogP contribution in [0.4, 0.5) is 11.5 Å². The number of thioether (sulfide) groups is 1. The first kappa shape index (κ1) is 11.6. The molecule has 0 saturated carbocycles. The summed E-state index contributed by atoms with van der Waals surface area (Å²) in [5.74, 6) is 3.57. The number of nitrogens with zero attached hydrogens (tertiary/aromatic N) is 2. The van der Waals surface area contributed by atoms with E-state index in [1.807, 2.05) is 26.4 Å². The highest BCUT2D eigenvalue weighted by Crippen LogP contribution is 2.25. The first-order valence-electron chi connectivity index (χ1n) is 5.74. The van der Waals surface area contributed by atoms with E-state index in [0.29, 0.717) is 6.04 Å². The summed E-state index contributed by atoms with van der Waals surface area (Å²) >= 11 is 2.05. The summed E-state index contributed by atoms with van der Waals surface area (Å²) in [5.41, 5.74) is 1.16. The van der Waals surface area contributed by atoms with Crippen LogP contribution < -0.4 is 10.2 Å². The van der Waals surface area contributed by atoms with Gasteiger partial charge in [-0.25, -0.2) is 4.98 Å². The lowest BCUT2D eigenvalue weighted by Gasteiger charge is -2.25. The van der Waals surface area contributed by atoms with Crippen molar-refractivity contribution in [1.29, 1.82) is 0 Å². The molecule has 0 aliphatic carbocycles. The predicted molar refractivity (Wildman–Crippen MR) is 72.5 cm³/mol. The van der Waals surface area contributed by atoms with Crippen LogP contribution in [0.1, 0.15) is 12.8 Å². The predicted octanol–water partition coefficient (Wildman–Crippen LogP) is 2.46. The molecular formula is C12H19N3S. The zero-order valence-corrected chi connectivity index (χ0v) is 10.8. The molecule has 0 unspecified atom stereocenters. The molecule has 1 aliphatic rings. The Bertz CT molecular complexity index is 335. The third-order valence-electron chi connectivity index (χ3n) is 2.79. The largest absolute Gasteiger partial charge is 0.379 e. The highest BCUT2D eigenvalue weighted by Gasteiger charge is 2.15. The van der Waals surface area contributed by atoms with Gasteiger partial charge in [-0.15, -0.1) is 0 Å². The normalized spacial score (nSPS) is 17.1. The Kier molecular flexibility index (Phi) is 3.93. The van der Waals surface area contributed by atoms with E-state index in [-0.39, 0.29) is 0 Å². The van der Waals surface area contributed by atoms with Gasteiger partial charge in [0.2, 0.25) is 0 Å². The fourth-order valence-corrected chi connectivity index (χ4v) is 3.03. The van der Waals surface area contributed by atoms with E-state index >= 15 is 0 Å². The van der Waals surface area contributed by atoms with Gasteiger partial charge in [0.1, 0.15) is 0 Å². The minimum atomic E-state index is 0.615. The van der Waals surface area contributed by atoms with Gasteiger partial charge in [-0.1, -0.05) is 0 Å². The molecule has 0 atom stereocenters. The number of anilines is 2. The lowest BCUT2D eigenvalue weighted by Crippen LogP contribution is -2.26. The Labute approximate surface area is 102 Å². The minimum Gasteiger partial charge on any atom is -0.379 e. The molecule has 4 heteroatoms. The molecule has 1 N–H and O–H groups in total. The zero-order valence-electron chi connectivity index (χ0n) is 9.94. The van der Waals surface area contributed by atoms with E-state index in [0.717, 1.165) is 11.5 Å². The first-order valence-corrected chi connectivity index (χ1v) is 6.89. The summed E-state index contributed by atoms with van der Waals surface area (Å²) in [6.45, 7) is 0. The molecule has 0 aromatic carbocycles. The van der Waals surface area contributed by atoms with E-state index in [4.69, 9.17) is 0 Å². The summed E-state index contributed by atoms with van der Waals surface area (Å²) in [6.07, 6.45) is 4.36. The van der Waals surface area contributed by atoms with Crippen LogP contribution in [0.5, 0.6) is 0 Å². The van der Waals surface area contributed by atoms with Crippen LogP contribution in [0.15, 0.2) is 18.3 Å². The molecule has 16 heavy (non-hydrogen) atoms. The second-order valence-corrected chi connectivity index (χ2v) is 5.52. The van der Waals surface area contributed by atoms with Crippen LogP contribution in [0.2, 0.25) is 0 Å². The molecule has 0 spiro atoms. The Hall–Kier alpha value is -0.900. The fourth-order valence-electron chi connectivity index (χ4n) is 1.93. The van der Waals surface area contributed by atoms with E-state index in [2.05, 4.69) is 33.0 Å². The van der Waals surface area contributed by atoms with E-state index in [1.54, 1.807) is 0 Å². The number of nitrogens with one attached hydrogen (secondary N) is 1. The maximum absolute atomic E-state index is 4.40. The number of aromatic nitrogens is 1. The third-order valence-corrected chi connectivity index (χ3v) is 3.84. The molecule has 1 saturated heterocycles. The van der Waals surface area contributed by atoms with Crippen LogP contribution in [0.3, 0.4) is 0 Å². The van der Waals surface area contributed by atoms with Crippen molar-refractivity contribution in [2.75, 3.05) is 35.8 Å². The van der Waals surface area contributed by atoms with Crippen molar-refractivity contribution in [2.24, 2.45) is 0 Å². The molecule has 0 bridgehead atoms. The van der Waals surface area contributed by atoms with E-state index in [1.165, 1.54) is 24.3 Å². The van der Waals surface area contributed by atoms with Gasteiger partial charge in [-0.05, 0) is 36.5 Å². The summed E-state index contributed by atoms with van der Waals surface area (Å²) in [4.78, 5) is 6.46. The van der Waals surface area contributed by atoms with E-state index in [9.17, 15) is 0 Å². The van der Waals surface area contributed by atoms with Gasteiger partial charge >= 0.3 is 0 Å². The second kappa shape index (κ2) is 5.43. The number of hydrogen-bond acceptors (Lipinski definition) is 4. The Balaban J connectivity index is 2.07. The molecule has 0 radical (unpaired) electrons. The molecule has 2 rings (SSSR count). The van der Waals surface area contributed by atoms with Crippen molar-refractivity contribution in [2.45, 2.75) is 18.9 Å². The highest BCUT2D eigenvalue weighted by atomic mass is 32.2. The van der Waals surface area contributed by atoms with Crippen molar-refractivity contribution in [3.8, 4) is 0 Å². The summed E-state index contributed by atoms with van der Waals surface area (Å²) in [7, 11) is 4.06. The second-order valence-electron chi connectivity index (χ2n) is 4.30.